The van der Waals surface area contributed by atoms with Crippen LogP contribution >= 0.6 is 0 Å². The highest BCUT2D eigenvalue weighted by Gasteiger charge is 2.25. The van der Waals surface area contributed by atoms with Gasteiger partial charge in [-0.3, -0.25) is 4.90 Å². The minimum Gasteiger partial charge on any atom is -0.353 e. The van der Waals surface area contributed by atoms with Crippen LogP contribution in [0.5, 0.6) is 0 Å². The van der Waals surface area contributed by atoms with Gasteiger partial charge in [0, 0.05) is 50.7 Å². The van der Waals surface area contributed by atoms with Crippen molar-refractivity contribution in [1.82, 2.24) is 14.8 Å². The normalized spacial score (nSPS) is 22.8. The molecule has 1 fully saturated rings. The molecule has 2 atom stereocenters. The molecule has 2 aromatic rings. The highest BCUT2D eigenvalue weighted by atomic mass is 15.2. The van der Waals surface area contributed by atoms with Gasteiger partial charge >= 0.3 is 0 Å². The molecule has 0 amide bonds. The third-order valence-electron chi connectivity index (χ3n) is 4.87. The van der Waals surface area contributed by atoms with Crippen LogP contribution in [0.1, 0.15) is 31.0 Å². The Morgan fingerprint density at radius 3 is 2.64 bits per heavy atom. The fraction of sp³-hybridized carbons (Fsp3) is 0.474. The molecule has 118 valence electrons. The van der Waals surface area contributed by atoms with E-state index in [2.05, 4.69) is 77.4 Å². The van der Waals surface area contributed by atoms with Crippen molar-refractivity contribution in [2.45, 2.75) is 44.9 Å². The fourth-order valence-electron chi connectivity index (χ4n) is 3.39. The van der Waals surface area contributed by atoms with Gasteiger partial charge in [0.1, 0.15) is 0 Å². The van der Waals surface area contributed by atoms with E-state index < -0.39 is 0 Å². The number of piperidine rings is 1. The second-order valence-corrected chi connectivity index (χ2v) is 6.52. The maximum atomic E-state index is 3.73. The molecule has 3 rings (SSSR count). The Morgan fingerprint density at radius 1 is 1.14 bits per heavy atom. The minimum atomic E-state index is 0.636. The van der Waals surface area contributed by atoms with Gasteiger partial charge in [0.25, 0.3) is 0 Å². The zero-order valence-electron chi connectivity index (χ0n) is 13.7. The zero-order valence-corrected chi connectivity index (χ0v) is 13.7. The smallest absolute Gasteiger partial charge is 0.0361 e. The Morgan fingerprint density at radius 2 is 1.95 bits per heavy atom. The second-order valence-electron chi connectivity index (χ2n) is 6.52. The van der Waals surface area contributed by atoms with E-state index in [1.165, 1.54) is 30.6 Å². The quantitative estimate of drug-likeness (QED) is 0.915. The van der Waals surface area contributed by atoms with Crippen LogP contribution in [0.3, 0.4) is 0 Å². The molecule has 3 nitrogen and oxygen atoms in total. The lowest BCUT2D eigenvalue weighted by molar-refractivity contribution is 0.128. The molecule has 0 unspecified atom stereocenters. The zero-order chi connectivity index (χ0) is 15.4. The number of benzene rings is 1. The lowest BCUT2D eigenvalue weighted by Gasteiger charge is -2.38. The molecule has 1 N–H and O–H groups in total. The highest BCUT2D eigenvalue weighted by molar-refractivity contribution is 5.14. The first-order chi connectivity index (χ1) is 10.7. The van der Waals surface area contributed by atoms with Crippen molar-refractivity contribution in [3.8, 4) is 0 Å². The van der Waals surface area contributed by atoms with Crippen molar-refractivity contribution in [3.05, 3.63) is 59.9 Å². The summed E-state index contributed by atoms with van der Waals surface area (Å²) < 4.78 is 2.20. The third kappa shape index (κ3) is 3.79. The van der Waals surface area contributed by atoms with Gasteiger partial charge in [-0.25, -0.2) is 0 Å². The predicted molar refractivity (Wildman–Crippen MR) is 91.6 cm³/mol. The molecule has 1 saturated heterocycles. The first-order valence-electron chi connectivity index (χ1n) is 8.34. The maximum Gasteiger partial charge on any atom is 0.0361 e. The summed E-state index contributed by atoms with van der Waals surface area (Å²) in [6, 6.07) is 16.4. The molecule has 0 radical (unpaired) electrons. The summed E-state index contributed by atoms with van der Waals surface area (Å²) >= 11 is 0. The summed E-state index contributed by atoms with van der Waals surface area (Å²) in [5, 5.41) is 3.73. The molecule has 0 saturated carbocycles. The van der Waals surface area contributed by atoms with Gasteiger partial charge in [-0.15, -0.1) is 0 Å². The lowest BCUT2D eigenvalue weighted by Crippen LogP contribution is -2.46. The first kappa shape index (κ1) is 15.3. The number of hydrogen-bond acceptors (Lipinski definition) is 2. The monoisotopic (exact) mass is 297 g/mol. The Balaban J connectivity index is 1.48. The van der Waals surface area contributed by atoms with Gasteiger partial charge in [0.2, 0.25) is 0 Å². The Bertz CT molecular complexity index is 575. The van der Waals surface area contributed by atoms with Gasteiger partial charge in [0.15, 0.2) is 0 Å². The molecule has 3 heteroatoms. The largest absolute Gasteiger partial charge is 0.353 e. The number of hydrogen-bond donors (Lipinski definition) is 1. The molecule has 22 heavy (non-hydrogen) atoms. The van der Waals surface area contributed by atoms with Crippen LogP contribution in [-0.2, 0) is 20.1 Å². The van der Waals surface area contributed by atoms with E-state index in [0.717, 1.165) is 13.1 Å². The lowest BCUT2D eigenvalue weighted by atomic mass is 9.97. The Hall–Kier alpha value is -1.58. The summed E-state index contributed by atoms with van der Waals surface area (Å²) in [5.41, 5.74) is 2.78. The molecule has 1 aromatic carbocycles. The van der Waals surface area contributed by atoms with Crippen LogP contribution in [0.2, 0.25) is 0 Å². The van der Waals surface area contributed by atoms with E-state index in [4.69, 9.17) is 0 Å². The predicted octanol–water partition coefficient (Wildman–Crippen LogP) is 3.17. The average molecular weight is 297 g/mol. The summed E-state index contributed by atoms with van der Waals surface area (Å²) in [6.07, 6.45) is 4.58. The molecule has 0 bridgehead atoms. The molecular formula is C19H27N3. The Kier molecular flexibility index (Phi) is 4.96. The number of rotatable bonds is 5. The first-order valence-corrected chi connectivity index (χ1v) is 8.34. The molecule has 1 aliphatic rings. The van der Waals surface area contributed by atoms with Crippen LogP contribution in [0.4, 0.5) is 0 Å². The van der Waals surface area contributed by atoms with Crippen molar-refractivity contribution in [2.24, 2.45) is 7.05 Å². The fourth-order valence-corrected chi connectivity index (χ4v) is 3.39. The standard InChI is InChI=1S/C19H27N3/c1-16-13-18(20-14-19-9-6-11-21(19)2)10-12-22(16)15-17-7-4-3-5-8-17/h3-9,11,16,18,20H,10,12-15H2,1-2H3/t16-,18+/m1/s1. The highest BCUT2D eigenvalue weighted by Crippen LogP contribution is 2.20. The van der Waals surface area contributed by atoms with Crippen LogP contribution in [-0.4, -0.2) is 28.1 Å². The molecule has 2 heterocycles. The molecule has 0 spiro atoms. The average Bonchev–Trinajstić information content (AvgIpc) is 2.94. The number of likely N-dealkylation sites (tertiary alicyclic amines) is 1. The molecule has 1 aromatic heterocycles. The van der Waals surface area contributed by atoms with E-state index in [-0.39, 0.29) is 0 Å². The number of aryl methyl sites for hydroxylation is 1. The van der Waals surface area contributed by atoms with Gasteiger partial charge < -0.3 is 9.88 Å². The molecule has 1 aliphatic heterocycles. The summed E-state index contributed by atoms with van der Waals surface area (Å²) in [5.74, 6) is 0. The van der Waals surface area contributed by atoms with Crippen LogP contribution in [0, 0.1) is 0 Å². The summed E-state index contributed by atoms with van der Waals surface area (Å²) in [4.78, 5) is 2.61. The van der Waals surface area contributed by atoms with Gasteiger partial charge in [-0.1, -0.05) is 30.3 Å². The maximum absolute atomic E-state index is 3.73. The van der Waals surface area contributed by atoms with Gasteiger partial charge in [-0.2, -0.15) is 0 Å². The SMILES string of the molecule is C[C@@H]1C[C@@H](NCc2cccn2C)CCN1Cc1ccccc1. The second kappa shape index (κ2) is 7.12. The number of nitrogens with zero attached hydrogens (tertiary/aromatic N) is 2. The molecule has 0 aliphatic carbocycles. The van der Waals surface area contributed by atoms with Crippen LogP contribution in [0.15, 0.2) is 48.7 Å². The van der Waals surface area contributed by atoms with Crippen molar-refractivity contribution in [1.29, 1.82) is 0 Å². The van der Waals surface area contributed by atoms with Crippen LogP contribution in [0.25, 0.3) is 0 Å². The van der Waals surface area contributed by atoms with Crippen molar-refractivity contribution >= 4 is 0 Å². The van der Waals surface area contributed by atoms with E-state index in [0.29, 0.717) is 12.1 Å². The van der Waals surface area contributed by atoms with Crippen molar-refractivity contribution in [2.75, 3.05) is 6.54 Å². The van der Waals surface area contributed by atoms with Gasteiger partial charge in [0.05, 0.1) is 0 Å². The summed E-state index contributed by atoms with van der Waals surface area (Å²) in [6.45, 7) is 5.59. The number of aromatic nitrogens is 1. The number of nitrogens with one attached hydrogen (secondary N) is 1. The van der Waals surface area contributed by atoms with E-state index in [9.17, 15) is 0 Å². The van der Waals surface area contributed by atoms with E-state index in [1.54, 1.807) is 0 Å². The third-order valence-corrected chi connectivity index (χ3v) is 4.87. The van der Waals surface area contributed by atoms with Crippen molar-refractivity contribution < 1.29 is 0 Å². The van der Waals surface area contributed by atoms with Gasteiger partial charge in [-0.05, 0) is 37.5 Å². The summed E-state index contributed by atoms with van der Waals surface area (Å²) in [7, 11) is 2.11. The molecular weight excluding hydrogens is 270 g/mol. The topological polar surface area (TPSA) is 20.2 Å². The van der Waals surface area contributed by atoms with Crippen molar-refractivity contribution in [3.63, 3.8) is 0 Å². The Labute approximate surface area is 133 Å². The van der Waals surface area contributed by atoms with E-state index >= 15 is 0 Å². The van der Waals surface area contributed by atoms with E-state index in [1.807, 2.05) is 0 Å². The minimum absolute atomic E-state index is 0.636. The van der Waals surface area contributed by atoms with Crippen LogP contribution < -0.4 is 5.32 Å².